The zero-order valence-corrected chi connectivity index (χ0v) is 19.4. The van der Waals surface area contributed by atoms with E-state index in [2.05, 4.69) is 10.8 Å². The van der Waals surface area contributed by atoms with Gasteiger partial charge in [0.15, 0.2) is 0 Å². The molecule has 1 aromatic rings. The van der Waals surface area contributed by atoms with Gasteiger partial charge in [-0.25, -0.2) is 8.42 Å². The van der Waals surface area contributed by atoms with Crippen molar-refractivity contribution >= 4 is 21.4 Å². The van der Waals surface area contributed by atoms with Gasteiger partial charge in [0.1, 0.15) is 4.90 Å². The topological polar surface area (TPSA) is 96.2 Å². The molecule has 0 saturated carbocycles. The van der Waals surface area contributed by atoms with Crippen LogP contribution in [0.4, 0.5) is 11.4 Å². The van der Waals surface area contributed by atoms with Crippen molar-refractivity contribution in [2.75, 3.05) is 64.4 Å². The molecule has 0 bridgehead atoms. The van der Waals surface area contributed by atoms with Crippen LogP contribution in [0.2, 0.25) is 0 Å². The highest BCUT2D eigenvalue weighted by atomic mass is 32.2. The minimum absolute atomic E-state index is 0.110. The van der Waals surface area contributed by atoms with Gasteiger partial charge in [0.2, 0.25) is 10.0 Å². The van der Waals surface area contributed by atoms with Gasteiger partial charge in [-0.3, -0.25) is 15.0 Å². The number of likely N-dealkylation sites (N-methyl/N-ethyl adjacent to an activating group) is 1. The zero-order valence-electron chi connectivity index (χ0n) is 18.5. The minimum atomic E-state index is -4.01. The second kappa shape index (κ2) is 11.4. The summed E-state index contributed by atoms with van der Waals surface area (Å²) in [6.07, 6.45) is 7.24. The summed E-state index contributed by atoms with van der Waals surface area (Å²) in [5, 5.41) is 11.5. The van der Waals surface area contributed by atoms with Crippen LogP contribution in [0, 0.1) is 22.5 Å². The maximum Gasteiger partial charge on any atom is 0.272 e. The van der Waals surface area contributed by atoms with Crippen LogP contribution in [0.5, 0.6) is 0 Å². The Morgan fingerprint density at radius 2 is 1.81 bits per heavy atom. The van der Waals surface area contributed by atoms with Crippen molar-refractivity contribution < 1.29 is 18.1 Å². The van der Waals surface area contributed by atoms with Gasteiger partial charge in [0.05, 0.1) is 29.4 Å². The molecule has 10 heteroatoms. The Bertz CT molecular complexity index is 901. The summed E-state index contributed by atoms with van der Waals surface area (Å²) in [6.45, 7) is 8.74. The fraction of sp³-hybridized carbons (Fsp3) is 0.619. The average molecular weight is 453 g/mol. The average Bonchev–Trinajstić information content (AvgIpc) is 2.76. The number of non-ortho nitro benzene ring substituents is 1. The number of benzene rings is 1. The smallest absolute Gasteiger partial charge is 0.272 e. The Kier molecular flexibility index (Phi) is 9.25. The number of terminal acetylenes is 1. The van der Waals surface area contributed by atoms with Gasteiger partial charge in [-0.2, -0.15) is 4.31 Å². The Hall–Kier alpha value is -2.19. The van der Waals surface area contributed by atoms with Crippen LogP contribution in [0.25, 0.3) is 0 Å². The number of nitro benzene ring substituents is 1. The summed E-state index contributed by atoms with van der Waals surface area (Å²) in [7, 11) is -2.51. The maximum absolute atomic E-state index is 13.5. The van der Waals surface area contributed by atoms with E-state index < -0.39 is 14.9 Å². The Balaban J connectivity index is 2.49. The van der Waals surface area contributed by atoms with Gasteiger partial charge in [-0.15, -0.1) is 6.42 Å². The molecule has 172 valence electrons. The Morgan fingerprint density at radius 1 is 1.19 bits per heavy atom. The molecule has 0 radical (unpaired) electrons. The lowest BCUT2D eigenvalue weighted by atomic mass is 10.1. The fourth-order valence-electron chi connectivity index (χ4n) is 3.60. The van der Waals surface area contributed by atoms with Crippen molar-refractivity contribution in [3.63, 3.8) is 0 Å². The number of anilines is 1. The van der Waals surface area contributed by atoms with E-state index in [1.165, 1.54) is 17.4 Å². The predicted octanol–water partition coefficient (Wildman–Crippen LogP) is 2.16. The highest BCUT2D eigenvalue weighted by Crippen LogP contribution is 2.35. The third-order valence-corrected chi connectivity index (χ3v) is 7.12. The lowest BCUT2D eigenvalue weighted by molar-refractivity contribution is -0.385. The third-order valence-electron chi connectivity index (χ3n) is 5.25. The molecule has 31 heavy (non-hydrogen) atoms. The summed E-state index contributed by atoms with van der Waals surface area (Å²) >= 11 is 0. The number of hydrogen-bond acceptors (Lipinski definition) is 7. The van der Waals surface area contributed by atoms with E-state index in [4.69, 9.17) is 11.2 Å². The first-order valence-corrected chi connectivity index (χ1v) is 12.0. The molecule has 1 heterocycles. The first kappa shape index (κ1) is 25.1. The van der Waals surface area contributed by atoms with Crippen LogP contribution in [-0.4, -0.2) is 82.1 Å². The van der Waals surface area contributed by atoms with Crippen molar-refractivity contribution in [1.29, 1.82) is 0 Å². The largest absolute Gasteiger partial charge is 0.379 e. The molecule has 0 spiro atoms. The molecule has 1 aliphatic heterocycles. The number of hydrogen-bond donors (Lipinski definition) is 0. The molecule has 0 aromatic heterocycles. The number of sulfonamides is 1. The molecule has 1 fully saturated rings. The van der Waals surface area contributed by atoms with E-state index in [-0.39, 0.29) is 22.7 Å². The first-order valence-electron chi connectivity index (χ1n) is 10.6. The number of rotatable bonds is 11. The van der Waals surface area contributed by atoms with Crippen LogP contribution >= 0.6 is 0 Å². The van der Waals surface area contributed by atoms with Crippen LogP contribution in [0.15, 0.2) is 17.0 Å². The van der Waals surface area contributed by atoms with Crippen molar-refractivity contribution in [1.82, 2.24) is 9.21 Å². The van der Waals surface area contributed by atoms with Gasteiger partial charge in [0, 0.05) is 58.4 Å². The van der Waals surface area contributed by atoms with Crippen molar-refractivity contribution in [2.24, 2.45) is 0 Å². The summed E-state index contributed by atoms with van der Waals surface area (Å²) in [4.78, 5) is 14.8. The standard InChI is InChI=1S/C21H32N4O5S/c1-5-8-24(9-6-2)21-18(7-3)16-19(25(26)27)17-20(21)31(28,29)22(4)10-11-23-12-14-30-15-13-23/h3,16-17H,5-6,8-15H2,1-2,4H3. The monoisotopic (exact) mass is 452 g/mol. The molecular weight excluding hydrogens is 420 g/mol. The number of nitrogens with zero attached hydrogens (tertiary/aromatic N) is 4. The maximum atomic E-state index is 13.5. The first-order chi connectivity index (χ1) is 14.8. The van der Waals surface area contributed by atoms with Crippen LogP contribution in [0.3, 0.4) is 0 Å². The minimum Gasteiger partial charge on any atom is -0.379 e. The van der Waals surface area contributed by atoms with E-state index in [1.54, 1.807) is 0 Å². The third kappa shape index (κ3) is 6.17. The van der Waals surface area contributed by atoms with E-state index in [9.17, 15) is 18.5 Å². The van der Waals surface area contributed by atoms with Crippen LogP contribution in [0.1, 0.15) is 32.3 Å². The highest BCUT2D eigenvalue weighted by Gasteiger charge is 2.31. The summed E-state index contributed by atoms with van der Waals surface area (Å²) in [6, 6.07) is 2.41. The fourth-order valence-corrected chi connectivity index (χ4v) is 5.01. The van der Waals surface area contributed by atoms with E-state index >= 15 is 0 Å². The van der Waals surface area contributed by atoms with Crippen molar-refractivity contribution in [3.8, 4) is 12.3 Å². The quantitative estimate of drug-likeness (QED) is 0.288. The molecule has 9 nitrogen and oxygen atoms in total. The molecule has 1 aromatic carbocycles. The number of ether oxygens (including phenoxy) is 1. The second-order valence-corrected chi connectivity index (χ2v) is 9.52. The summed E-state index contributed by atoms with van der Waals surface area (Å²) < 4.78 is 33.7. The van der Waals surface area contributed by atoms with Crippen molar-refractivity contribution in [2.45, 2.75) is 31.6 Å². The highest BCUT2D eigenvalue weighted by molar-refractivity contribution is 7.89. The summed E-state index contributed by atoms with van der Waals surface area (Å²) in [5.74, 6) is 2.47. The molecule has 2 rings (SSSR count). The molecule has 0 aliphatic carbocycles. The predicted molar refractivity (Wildman–Crippen MR) is 121 cm³/mol. The van der Waals surface area contributed by atoms with Crippen LogP contribution < -0.4 is 4.90 Å². The van der Waals surface area contributed by atoms with E-state index in [0.29, 0.717) is 38.5 Å². The zero-order chi connectivity index (χ0) is 23.0. The van der Waals surface area contributed by atoms with Gasteiger partial charge >= 0.3 is 0 Å². The Labute approximate surface area is 185 Å². The molecule has 0 unspecified atom stereocenters. The van der Waals surface area contributed by atoms with Gasteiger partial charge in [0.25, 0.3) is 5.69 Å². The number of morpholine rings is 1. The van der Waals surface area contributed by atoms with Crippen molar-refractivity contribution in [3.05, 3.63) is 27.8 Å². The van der Waals surface area contributed by atoms with Gasteiger partial charge < -0.3 is 9.64 Å². The van der Waals surface area contributed by atoms with Gasteiger partial charge in [-0.1, -0.05) is 19.8 Å². The normalized spacial score (nSPS) is 15.1. The molecule has 0 atom stereocenters. The molecular formula is C21H32N4O5S. The van der Waals surface area contributed by atoms with Crippen LogP contribution in [-0.2, 0) is 14.8 Å². The molecule has 1 aliphatic rings. The number of nitro groups is 1. The lowest BCUT2D eigenvalue weighted by Gasteiger charge is -2.30. The summed E-state index contributed by atoms with van der Waals surface area (Å²) in [5.41, 5.74) is 0.260. The second-order valence-electron chi connectivity index (χ2n) is 7.51. The van der Waals surface area contributed by atoms with Gasteiger partial charge in [-0.05, 0) is 12.8 Å². The lowest BCUT2D eigenvalue weighted by Crippen LogP contribution is -2.42. The Morgan fingerprint density at radius 3 is 2.32 bits per heavy atom. The molecule has 0 amide bonds. The molecule has 1 saturated heterocycles. The molecule has 0 N–H and O–H groups in total. The SMILES string of the molecule is C#Cc1cc([N+](=O)[O-])cc(S(=O)(=O)N(C)CCN2CCOCC2)c1N(CCC)CCC. The van der Waals surface area contributed by atoms with E-state index in [1.807, 2.05) is 18.7 Å². The van der Waals surface area contributed by atoms with E-state index in [0.717, 1.165) is 32.0 Å².